The van der Waals surface area contributed by atoms with Gasteiger partial charge in [0.05, 0.1) is 19.4 Å². The molecule has 1 N–H and O–H groups in total. The molecule has 1 fully saturated rings. The third-order valence-electron chi connectivity index (χ3n) is 5.15. The molecule has 4 heterocycles. The first-order valence-electron chi connectivity index (χ1n) is 9.68. The number of pyridine rings is 1. The van der Waals surface area contributed by atoms with Crippen molar-refractivity contribution in [2.45, 2.75) is 39.3 Å². The molecule has 4 rings (SSSR count). The second-order valence-electron chi connectivity index (χ2n) is 6.97. The SMILES string of the molecule is CCOC(=O)N1CCC(Nc2nc3cccnc3n2Cc2ccoc2C)CC1. The van der Waals surface area contributed by atoms with Gasteiger partial charge in [-0.25, -0.2) is 14.8 Å². The number of carbonyl (C=O) groups excluding carboxylic acids is 1. The number of ether oxygens (including phenoxy) is 1. The second-order valence-corrected chi connectivity index (χ2v) is 6.97. The van der Waals surface area contributed by atoms with Gasteiger partial charge in [-0.3, -0.25) is 4.57 Å². The van der Waals surface area contributed by atoms with Gasteiger partial charge in [0, 0.05) is 30.9 Å². The summed E-state index contributed by atoms with van der Waals surface area (Å²) in [6.45, 7) is 6.18. The van der Waals surface area contributed by atoms with E-state index in [0.29, 0.717) is 26.2 Å². The third kappa shape index (κ3) is 3.67. The lowest BCUT2D eigenvalue weighted by atomic mass is 10.1. The lowest BCUT2D eigenvalue weighted by Gasteiger charge is -2.31. The lowest BCUT2D eigenvalue weighted by Crippen LogP contribution is -2.42. The maximum absolute atomic E-state index is 11.9. The van der Waals surface area contributed by atoms with E-state index in [1.807, 2.05) is 32.0 Å². The van der Waals surface area contributed by atoms with E-state index >= 15 is 0 Å². The summed E-state index contributed by atoms with van der Waals surface area (Å²) >= 11 is 0. The Morgan fingerprint density at radius 3 is 2.89 bits per heavy atom. The van der Waals surface area contributed by atoms with Crippen LogP contribution in [-0.2, 0) is 11.3 Å². The molecule has 0 unspecified atom stereocenters. The van der Waals surface area contributed by atoms with Gasteiger partial charge < -0.3 is 19.4 Å². The Kier molecular flexibility index (Phi) is 5.18. The smallest absolute Gasteiger partial charge is 0.409 e. The van der Waals surface area contributed by atoms with Crippen LogP contribution < -0.4 is 5.32 Å². The van der Waals surface area contributed by atoms with Crippen LogP contribution in [0.3, 0.4) is 0 Å². The molecule has 8 heteroatoms. The Labute approximate surface area is 163 Å². The molecule has 3 aromatic rings. The number of aryl methyl sites for hydroxylation is 1. The van der Waals surface area contributed by atoms with Crippen LogP contribution in [0.25, 0.3) is 11.2 Å². The van der Waals surface area contributed by atoms with Crippen LogP contribution in [0.2, 0.25) is 0 Å². The molecule has 8 nitrogen and oxygen atoms in total. The zero-order valence-electron chi connectivity index (χ0n) is 16.2. The van der Waals surface area contributed by atoms with Gasteiger partial charge in [-0.2, -0.15) is 0 Å². The molecule has 1 aliphatic heterocycles. The van der Waals surface area contributed by atoms with Crippen LogP contribution >= 0.6 is 0 Å². The van der Waals surface area contributed by atoms with Crippen molar-refractivity contribution >= 4 is 23.2 Å². The zero-order chi connectivity index (χ0) is 19.5. The van der Waals surface area contributed by atoms with E-state index in [-0.39, 0.29) is 12.1 Å². The zero-order valence-corrected chi connectivity index (χ0v) is 16.2. The molecule has 3 aromatic heterocycles. The molecule has 1 aliphatic rings. The predicted octanol–water partition coefficient (Wildman–Crippen LogP) is 3.41. The fourth-order valence-electron chi connectivity index (χ4n) is 3.57. The molecule has 28 heavy (non-hydrogen) atoms. The summed E-state index contributed by atoms with van der Waals surface area (Å²) in [4.78, 5) is 22.9. The number of amides is 1. The van der Waals surface area contributed by atoms with Crippen LogP contribution in [0.1, 0.15) is 31.1 Å². The van der Waals surface area contributed by atoms with Crippen LogP contribution in [0, 0.1) is 6.92 Å². The number of carbonyl (C=O) groups is 1. The number of likely N-dealkylation sites (tertiary alicyclic amines) is 1. The standard InChI is InChI=1S/C20H25N5O3/c1-3-27-20(26)24-10-6-16(7-11-24)22-19-23-17-5-4-9-21-18(17)25(19)13-15-8-12-28-14(15)2/h4-5,8-9,12,16H,3,6-7,10-11,13H2,1-2H3,(H,22,23). The van der Waals surface area contributed by atoms with Gasteiger partial charge in [0.15, 0.2) is 5.65 Å². The van der Waals surface area contributed by atoms with Gasteiger partial charge in [0.2, 0.25) is 5.95 Å². The maximum Gasteiger partial charge on any atom is 0.409 e. The monoisotopic (exact) mass is 383 g/mol. The van der Waals surface area contributed by atoms with Gasteiger partial charge in [-0.05, 0) is 44.9 Å². The number of imidazole rings is 1. The first-order valence-corrected chi connectivity index (χ1v) is 9.68. The largest absolute Gasteiger partial charge is 0.469 e. The number of nitrogens with one attached hydrogen (secondary N) is 1. The summed E-state index contributed by atoms with van der Waals surface area (Å²) in [6, 6.07) is 6.08. The lowest BCUT2D eigenvalue weighted by molar-refractivity contribution is 0.0983. The minimum Gasteiger partial charge on any atom is -0.469 e. The van der Waals surface area contributed by atoms with E-state index in [1.54, 1.807) is 17.4 Å². The highest BCUT2D eigenvalue weighted by Crippen LogP contribution is 2.23. The third-order valence-corrected chi connectivity index (χ3v) is 5.15. The van der Waals surface area contributed by atoms with Crippen LogP contribution in [0.4, 0.5) is 10.7 Å². The topological polar surface area (TPSA) is 85.4 Å². The summed E-state index contributed by atoms with van der Waals surface area (Å²) in [7, 11) is 0. The number of hydrogen-bond donors (Lipinski definition) is 1. The molecule has 0 bridgehead atoms. The first-order chi connectivity index (χ1) is 13.7. The van der Waals surface area contributed by atoms with E-state index in [4.69, 9.17) is 14.1 Å². The Hall–Kier alpha value is -3.03. The summed E-state index contributed by atoms with van der Waals surface area (Å²) in [5.74, 6) is 1.69. The number of rotatable bonds is 5. The highest BCUT2D eigenvalue weighted by atomic mass is 16.6. The van der Waals surface area contributed by atoms with Gasteiger partial charge in [0.25, 0.3) is 0 Å². The van der Waals surface area contributed by atoms with Crippen molar-refractivity contribution in [1.29, 1.82) is 0 Å². The van der Waals surface area contributed by atoms with Crippen molar-refractivity contribution in [3.05, 3.63) is 42.0 Å². The fourth-order valence-corrected chi connectivity index (χ4v) is 3.57. The molecular formula is C20H25N5O3. The highest BCUT2D eigenvalue weighted by molar-refractivity contribution is 5.74. The molecular weight excluding hydrogens is 358 g/mol. The molecule has 0 aromatic carbocycles. The van der Waals surface area contributed by atoms with Crippen molar-refractivity contribution in [3.63, 3.8) is 0 Å². The molecule has 0 radical (unpaired) electrons. The molecule has 0 spiro atoms. The molecule has 0 saturated carbocycles. The second kappa shape index (κ2) is 7.92. The average Bonchev–Trinajstić information content (AvgIpc) is 3.26. The van der Waals surface area contributed by atoms with Gasteiger partial charge in [0.1, 0.15) is 11.3 Å². The number of nitrogens with zero attached hydrogens (tertiary/aromatic N) is 4. The minimum atomic E-state index is -0.229. The molecule has 148 valence electrons. The molecule has 1 saturated heterocycles. The number of hydrogen-bond acceptors (Lipinski definition) is 6. The normalized spacial score (nSPS) is 15.1. The van der Waals surface area contributed by atoms with E-state index in [2.05, 4.69) is 14.9 Å². The molecule has 0 atom stereocenters. The summed E-state index contributed by atoms with van der Waals surface area (Å²) in [6.07, 6.45) is 4.95. The number of piperidine rings is 1. The fraction of sp³-hybridized carbons (Fsp3) is 0.450. The molecule has 1 amide bonds. The van der Waals surface area contributed by atoms with Crippen molar-refractivity contribution in [2.75, 3.05) is 25.0 Å². The van der Waals surface area contributed by atoms with Crippen LogP contribution in [0.5, 0.6) is 0 Å². The van der Waals surface area contributed by atoms with Gasteiger partial charge in [-0.15, -0.1) is 0 Å². The van der Waals surface area contributed by atoms with Crippen molar-refractivity contribution < 1.29 is 13.9 Å². The van der Waals surface area contributed by atoms with Gasteiger partial charge >= 0.3 is 6.09 Å². The Morgan fingerprint density at radius 1 is 1.36 bits per heavy atom. The van der Waals surface area contributed by atoms with E-state index in [1.165, 1.54) is 0 Å². The number of anilines is 1. The summed E-state index contributed by atoms with van der Waals surface area (Å²) < 4.78 is 12.6. The minimum absolute atomic E-state index is 0.229. The van der Waals surface area contributed by atoms with Crippen LogP contribution in [-0.4, -0.2) is 51.3 Å². The Balaban J connectivity index is 1.52. The van der Waals surface area contributed by atoms with E-state index < -0.39 is 0 Å². The van der Waals surface area contributed by atoms with Crippen LogP contribution in [0.15, 0.2) is 35.1 Å². The Morgan fingerprint density at radius 2 is 2.18 bits per heavy atom. The average molecular weight is 383 g/mol. The number of aromatic nitrogens is 3. The highest BCUT2D eigenvalue weighted by Gasteiger charge is 2.25. The van der Waals surface area contributed by atoms with Crippen molar-refractivity contribution in [2.24, 2.45) is 0 Å². The first kappa shape index (κ1) is 18.3. The van der Waals surface area contributed by atoms with E-state index in [9.17, 15) is 4.79 Å². The summed E-state index contributed by atoms with van der Waals surface area (Å²) in [5, 5.41) is 3.56. The number of fused-ring (bicyclic) bond motifs is 1. The molecule has 0 aliphatic carbocycles. The van der Waals surface area contributed by atoms with Gasteiger partial charge in [-0.1, -0.05) is 0 Å². The maximum atomic E-state index is 11.9. The van der Waals surface area contributed by atoms with Crippen molar-refractivity contribution in [1.82, 2.24) is 19.4 Å². The quantitative estimate of drug-likeness (QED) is 0.727. The van der Waals surface area contributed by atoms with E-state index in [0.717, 1.165) is 41.3 Å². The number of furan rings is 1. The summed E-state index contributed by atoms with van der Waals surface area (Å²) in [5.41, 5.74) is 2.80. The van der Waals surface area contributed by atoms with Crippen molar-refractivity contribution in [3.8, 4) is 0 Å². The Bertz CT molecular complexity index is 956. The predicted molar refractivity (Wildman–Crippen MR) is 105 cm³/mol.